The van der Waals surface area contributed by atoms with Crippen molar-refractivity contribution < 1.29 is 4.79 Å². The van der Waals surface area contributed by atoms with Crippen molar-refractivity contribution >= 4 is 16.8 Å². The molecule has 1 atom stereocenters. The molecular formula is C17H22N2O. The smallest absolute Gasteiger partial charge is 0.217 e. The first-order chi connectivity index (χ1) is 9.54. The van der Waals surface area contributed by atoms with Gasteiger partial charge in [0.05, 0.1) is 5.52 Å². The maximum absolute atomic E-state index is 11.3. The molecular weight excluding hydrogens is 248 g/mol. The molecule has 2 rings (SSSR count). The third-order valence-electron chi connectivity index (χ3n) is 3.27. The summed E-state index contributed by atoms with van der Waals surface area (Å²) in [4.78, 5) is 16.0. The lowest BCUT2D eigenvalue weighted by Crippen LogP contribution is -2.36. The molecule has 0 aliphatic heterocycles. The van der Waals surface area contributed by atoms with Crippen molar-refractivity contribution in [1.29, 1.82) is 0 Å². The van der Waals surface area contributed by atoms with Gasteiger partial charge < -0.3 is 5.32 Å². The molecule has 0 aliphatic rings. The van der Waals surface area contributed by atoms with E-state index in [2.05, 4.69) is 42.3 Å². The molecule has 20 heavy (non-hydrogen) atoms. The maximum Gasteiger partial charge on any atom is 0.217 e. The molecule has 0 saturated heterocycles. The van der Waals surface area contributed by atoms with Gasteiger partial charge in [-0.05, 0) is 24.5 Å². The predicted molar refractivity (Wildman–Crippen MR) is 82.5 cm³/mol. The maximum atomic E-state index is 11.3. The van der Waals surface area contributed by atoms with Crippen LogP contribution in [0, 0.1) is 5.92 Å². The van der Waals surface area contributed by atoms with E-state index < -0.39 is 0 Å². The summed E-state index contributed by atoms with van der Waals surface area (Å²) >= 11 is 0. The Hall–Kier alpha value is -1.90. The van der Waals surface area contributed by atoms with Crippen LogP contribution in [0.1, 0.15) is 32.9 Å². The first-order valence-corrected chi connectivity index (χ1v) is 7.16. The second-order valence-electron chi connectivity index (χ2n) is 5.73. The molecule has 1 N–H and O–H groups in total. The van der Waals surface area contributed by atoms with Crippen molar-refractivity contribution in [3.8, 4) is 0 Å². The minimum absolute atomic E-state index is 0.0245. The zero-order chi connectivity index (χ0) is 14.5. The number of hydrogen-bond acceptors (Lipinski definition) is 2. The normalized spacial score (nSPS) is 12.6. The zero-order valence-electron chi connectivity index (χ0n) is 12.4. The minimum Gasteiger partial charge on any atom is -0.353 e. The summed E-state index contributed by atoms with van der Waals surface area (Å²) in [6.45, 7) is 5.91. The summed E-state index contributed by atoms with van der Waals surface area (Å²) in [6.07, 6.45) is 1.75. The third-order valence-corrected chi connectivity index (χ3v) is 3.27. The number of para-hydroxylation sites is 1. The van der Waals surface area contributed by atoms with E-state index in [1.807, 2.05) is 18.2 Å². The van der Waals surface area contributed by atoms with E-state index in [0.717, 1.165) is 29.4 Å². The molecule has 0 saturated carbocycles. The van der Waals surface area contributed by atoms with Crippen molar-refractivity contribution in [2.75, 3.05) is 0 Å². The van der Waals surface area contributed by atoms with Gasteiger partial charge in [-0.2, -0.15) is 0 Å². The topological polar surface area (TPSA) is 42.0 Å². The number of carbonyl (C=O) groups excluding carboxylic acids is 1. The van der Waals surface area contributed by atoms with Crippen LogP contribution >= 0.6 is 0 Å². The monoisotopic (exact) mass is 270 g/mol. The van der Waals surface area contributed by atoms with Gasteiger partial charge in [0.2, 0.25) is 5.91 Å². The van der Waals surface area contributed by atoms with Gasteiger partial charge in [0.15, 0.2) is 0 Å². The first kappa shape index (κ1) is 14.5. The van der Waals surface area contributed by atoms with Crippen LogP contribution in [0.5, 0.6) is 0 Å². The lowest BCUT2D eigenvalue weighted by atomic mass is 9.99. The van der Waals surface area contributed by atoms with Gasteiger partial charge >= 0.3 is 0 Å². The molecule has 0 fully saturated rings. The van der Waals surface area contributed by atoms with Crippen molar-refractivity contribution in [2.24, 2.45) is 5.92 Å². The predicted octanol–water partition coefficient (Wildman–Crippen LogP) is 3.33. The Morgan fingerprint density at radius 2 is 1.95 bits per heavy atom. The van der Waals surface area contributed by atoms with E-state index in [9.17, 15) is 4.79 Å². The van der Waals surface area contributed by atoms with E-state index in [1.165, 1.54) is 0 Å². The number of fused-ring (bicyclic) bond motifs is 1. The molecule has 0 unspecified atom stereocenters. The number of rotatable bonds is 5. The molecule has 3 heteroatoms. The Bertz CT molecular complexity index is 592. The Kier molecular flexibility index (Phi) is 4.72. The molecule has 0 radical (unpaired) electrons. The zero-order valence-corrected chi connectivity index (χ0v) is 12.4. The molecule has 1 heterocycles. The number of nitrogens with zero attached hydrogens (tertiary/aromatic N) is 1. The van der Waals surface area contributed by atoms with Crippen molar-refractivity contribution in [2.45, 2.75) is 39.7 Å². The van der Waals surface area contributed by atoms with E-state index in [1.54, 1.807) is 6.92 Å². The van der Waals surface area contributed by atoms with Crippen LogP contribution in [0.4, 0.5) is 0 Å². The molecule has 0 bridgehead atoms. The summed E-state index contributed by atoms with van der Waals surface area (Å²) < 4.78 is 0. The number of aromatic nitrogens is 1. The molecule has 1 amide bonds. The summed E-state index contributed by atoms with van der Waals surface area (Å²) in [5, 5.41) is 4.18. The van der Waals surface area contributed by atoms with Crippen molar-refractivity contribution in [3.63, 3.8) is 0 Å². The molecule has 3 nitrogen and oxygen atoms in total. The molecule has 1 aromatic heterocycles. The van der Waals surface area contributed by atoms with Crippen LogP contribution in [0.2, 0.25) is 0 Å². The van der Waals surface area contributed by atoms with E-state index in [0.29, 0.717) is 5.92 Å². The number of carbonyl (C=O) groups is 1. The van der Waals surface area contributed by atoms with Crippen LogP contribution in [0.25, 0.3) is 10.9 Å². The summed E-state index contributed by atoms with van der Waals surface area (Å²) in [5.74, 6) is 0.573. The van der Waals surface area contributed by atoms with Gasteiger partial charge in [-0.15, -0.1) is 0 Å². The second-order valence-corrected chi connectivity index (χ2v) is 5.73. The highest BCUT2D eigenvalue weighted by Crippen LogP contribution is 2.15. The number of amides is 1. The second kappa shape index (κ2) is 6.51. The van der Waals surface area contributed by atoms with E-state index in [-0.39, 0.29) is 11.9 Å². The van der Waals surface area contributed by atoms with Gasteiger partial charge in [0.25, 0.3) is 0 Å². The highest BCUT2D eigenvalue weighted by atomic mass is 16.1. The molecule has 2 aromatic rings. The SMILES string of the molecule is CC(=O)N[C@H](Cc1ccc2ccccc2n1)CC(C)C. The van der Waals surface area contributed by atoms with Crippen LogP contribution < -0.4 is 5.32 Å². The average Bonchev–Trinajstić information content (AvgIpc) is 2.37. The van der Waals surface area contributed by atoms with Gasteiger partial charge in [0.1, 0.15) is 0 Å². The Morgan fingerprint density at radius 3 is 2.65 bits per heavy atom. The largest absolute Gasteiger partial charge is 0.353 e. The molecule has 106 valence electrons. The fourth-order valence-corrected chi connectivity index (χ4v) is 2.52. The fraction of sp³-hybridized carbons (Fsp3) is 0.412. The average molecular weight is 270 g/mol. The third kappa shape index (κ3) is 4.05. The van der Waals surface area contributed by atoms with Crippen LogP contribution in [0.15, 0.2) is 36.4 Å². The number of benzene rings is 1. The molecule has 0 spiro atoms. The van der Waals surface area contributed by atoms with Gasteiger partial charge in [-0.1, -0.05) is 38.1 Å². The van der Waals surface area contributed by atoms with E-state index >= 15 is 0 Å². The number of pyridine rings is 1. The lowest BCUT2D eigenvalue weighted by molar-refractivity contribution is -0.119. The summed E-state index contributed by atoms with van der Waals surface area (Å²) in [6, 6.07) is 12.4. The molecule has 0 aliphatic carbocycles. The first-order valence-electron chi connectivity index (χ1n) is 7.16. The lowest BCUT2D eigenvalue weighted by Gasteiger charge is -2.19. The number of hydrogen-bond donors (Lipinski definition) is 1. The Morgan fingerprint density at radius 1 is 1.20 bits per heavy atom. The van der Waals surface area contributed by atoms with Crippen molar-refractivity contribution in [3.05, 3.63) is 42.1 Å². The minimum atomic E-state index is 0.0245. The van der Waals surface area contributed by atoms with Crippen LogP contribution in [0.3, 0.4) is 0 Å². The van der Waals surface area contributed by atoms with Gasteiger partial charge in [0, 0.05) is 30.5 Å². The molecule has 1 aromatic carbocycles. The standard InChI is InChI=1S/C17H22N2O/c1-12(2)10-16(18-13(3)20)11-15-9-8-14-6-4-5-7-17(14)19-15/h4-9,12,16H,10-11H2,1-3H3,(H,18,20)/t16-/m0/s1. The van der Waals surface area contributed by atoms with E-state index in [4.69, 9.17) is 0 Å². The van der Waals surface area contributed by atoms with Gasteiger partial charge in [-0.3, -0.25) is 9.78 Å². The number of nitrogens with one attached hydrogen (secondary N) is 1. The Balaban J connectivity index is 2.16. The van der Waals surface area contributed by atoms with Crippen LogP contribution in [-0.4, -0.2) is 16.9 Å². The van der Waals surface area contributed by atoms with Crippen molar-refractivity contribution in [1.82, 2.24) is 10.3 Å². The summed E-state index contributed by atoms with van der Waals surface area (Å²) in [7, 11) is 0. The van der Waals surface area contributed by atoms with Crippen LogP contribution in [-0.2, 0) is 11.2 Å². The quantitative estimate of drug-likeness (QED) is 0.905. The highest BCUT2D eigenvalue weighted by molar-refractivity contribution is 5.78. The fourth-order valence-electron chi connectivity index (χ4n) is 2.52. The Labute approximate surface area is 120 Å². The highest BCUT2D eigenvalue weighted by Gasteiger charge is 2.13. The summed E-state index contributed by atoms with van der Waals surface area (Å²) in [5.41, 5.74) is 2.04. The van der Waals surface area contributed by atoms with Gasteiger partial charge in [-0.25, -0.2) is 0 Å².